The third kappa shape index (κ3) is 69.5. The standard InChI is InChI=1S/C78H152O17P2/c1-8-11-12-13-14-15-16-17-18-19-20-23-27-30-40-47-54-61-77(82)94-73(65-88-75(80)59-52-45-38-29-26-24-21-22-25-28-35-42-49-56-69(4)5)67-92-96(84,85)90-63-72(79)64-91-97(86,87)93-68-74(95-78(83)62-55-48-41-34-32-37-44-51-58-71(7)10-3)66-89-76(81)60-53-46-39-33-31-36-43-50-57-70(6)9-2/h69-74,79H,8-68H2,1-7H3,(H,84,85)(H,86,87)/t70?,71?,72-,73-,74-/m1/s1. The van der Waals surface area contributed by atoms with E-state index in [-0.39, 0.29) is 25.7 Å². The fraction of sp³-hybridized carbons (Fsp3) is 0.949. The molecule has 0 aliphatic heterocycles. The van der Waals surface area contributed by atoms with Crippen molar-refractivity contribution in [2.24, 2.45) is 17.8 Å². The van der Waals surface area contributed by atoms with Crippen LogP contribution in [0.15, 0.2) is 0 Å². The zero-order valence-corrected chi connectivity index (χ0v) is 65.3. The fourth-order valence-electron chi connectivity index (χ4n) is 11.9. The zero-order chi connectivity index (χ0) is 71.6. The van der Waals surface area contributed by atoms with Gasteiger partial charge in [-0.25, -0.2) is 9.13 Å². The number of hydrogen-bond acceptors (Lipinski definition) is 15. The maximum absolute atomic E-state index is 13.1. The van der Waals surface area contributed by atoms with Crippen molar-refractivity contribution in [3.05, 3.63) is 0 Å². The normalized spacial score (nSPS) is 14.6. The molecule has 0 aromatic rings. The van der Waals surface area contributed by atoms with Crippen LogP contribution in [0.1, 0.15) is 402 Å². The number of phosphoric ester groups is 2. The molecule has 0 bridgehead atoms. The lowest BCUT2D eigenvalue weighted by atomic mass is 9.99. The lowest BCUT2D eigenvalue weighted by molar-refractivity contribution is -0.161. The molecule has 4 unspecified atom stereocenters. The average Bonchev–Trinajstić information content (AvgIpc) is 1.19. The van der Waals surface area contributed by atoms with E-state index in [2.05, 4.69) is 48.5 Å². The van der Waals surface area contributed by atoms with Gasteiger partial charge in [0.15, 0.2) is 12.2 Å². The molecule has 97 heavy (non-hydrogen) atoms. The topological polar surface area (TPSA) is 237 Å². The number of carbonyl (C=O) groups excluding carboxylic acids is 4. The van der Waals surface area contributed by atoms with Gasteiger partial charge in [-0.1, -0.05) is 350 Å². The van der Waals surface area contributed by atoms with Gasteiger partial charge in [0.05, 0.1) is 26.4 Å². The average molecular weight is 1420 g/mol. The number of rotatable bonds is 76. The lowest BCUT2D eigenvalue weighted by Crippen LogP contribution is -2.30. The molecule has 0 aliphatic rings. The van der Waals surface area contributed by atoms with Crippen LogP contribution in [-0.4, -0.2) is 96.7 Å². The first-order valence-electron chi connectivity index (χ1n) is 40.4. The fourth-order valence-corrected chi connectivity index (χ4v) is 13.5. The summed E-state index contributed by atoms with van der Waals surface area (Å²) in [6, 6.07) is 0. The van der Waals surface area contributed by atoms with Crippen molar-refractivity contribution in [1.29, 1.82) is 0 Å². The van der Waals surface area contributed by atoms with Crippen LogP contribution in [0.4, 0.5) is 0 Å². The Hall–Kier alpha value is -1.94. The van der Waals surface area contributed by atoms with Crippen LogP contribution in [0.25, 0.3) is 0 Å². The second-order valence-corrected chi connectivity index (χ2v) is 32.0. The molecule has 0 amide bonds. The molecule has 0 fully saturated rings. The Bertz CT molecular complexity index is 1890. The van der Waals surface area contributed by atoms with E-state index in [1.165, 1.54) is 212 Å². The zero-order valence-electron chi connectivity index (χ0n) is 63.5. The van der Waals surface area contributed by atoms with E-state index in [0.717, 1.165) is 108 Å². The Morgan fingerprint density at radius 2 is 0.526 bits per heavy atom. The molecule has 7 atom stereocenters. The van der Waals surface area contributed by atoms with Gasteiger partial charge in [0.1, 0.15) is 19.3 Å². The van der Waals surface area contributed by atoms with Crippen LogP contribution in [0.2, 0.25) is 0 Å². The van der Waals surface area contributed by atoms with Gasteiger partial charge in [-0.3, -0.25) is 37.3 Å². The predicted octanol–water partition coefficient (Wildman–Crippen LogP) is 23.0. The third-order valence-electron chi connectivity index (χ3n) is 18.9. The molecule has 0 rings (SSSR count). The van der Waals surface area contributed by atoms with Gasteiger partial charge < -0.3 is 33.8 Å². The summed E-state index contributed by atoms with van der Waals surface area (Å²) in [5.74, 6) is 0.223. The number of aliphatic hydroxyl groups excluding tert-OH is 1. The Kier molecular flexibility index (Phi) is 67.1. The van der Waals surface area contributed by atoms with E-state index in [1.807, 2.05) is 0 Å². The van der Waals surface area contributed by atoms with Gasteiger partial charge in [0, 0.05) is 25.7 Å². The molecule has 0 saturated heterocycles. The maximum atomic E-state index is 13.1. The second kappa shape index (κ2) is 68.5. The first-order chi connectivity index (χ1) is 46.8. The quantitative estimate of drug-likeness (QED) is 0.0222. The van der Waals surface area contributed by atoms with E-state index < -0.39 is 97.5 Å². The summed E-state index contributed by atoms with van der Waals surface area (Å²) in [5.41, 5.74) is 0. The van der Waals surface area contributed by atoms with Crippen molar-refractivity contribution in [3.63, 3.8) is 0 Å². The van der Waals surface area contributed by atoms with Crippen LogP contribution in [0, 0.1) is 17.8 Å². The summed E-state index contributed by atoms with van der Waals surface area (Å²) in [6.07, 6.45) is 55.3. The Balaban J connectivity index is 5.27. The minimum atomic E-state index is -4.96. The van der Waals surface area contributed by atoms with Crippen LogP contribution < -0.4 is 0 Å². The van der Waals surface area contributed by atoms with E-state index >= 15 is 0 Å². The van der Waals surface area contributed by atoms with Gasteiger partial charge in [-0.2, -0.15) is 0 Å². The summed E-state index contributed by atoms with van der Waals surface area (Å²) in [5, 5.41) is 10.6. The molecule has 0 aromatic heterocycles. The van der Waals surface area contributed by atoms with Crippen molar-refractivity contribution in [3.8, 4) is 0 Å². The second-order valence-electron chi connectivity index (χ2n) is 29.1. The molecule has 0 spiro atoms. The molecule has 576 valence electrons. The minimum Gasteiger partial charge on any atom is -0.462 e. The van der Waals surface area contributed by atoms with Gasteiger partial charge in [0.25, 0.3) is 0 Å². The molecule has 0 saturated carbocycles. The largest absolute Gasteiger partial charge is 0.472 e. The summed E-state index contributed by atoms with van der Waals surface area (Å²) < 4.78 is 68.6. The Morgan fingerprint density at radius 1 is 0.299 bits per heavy atom. The molecular formula is C78H152O17P2. The van der Waals surface area contributed by atoms with Crippen LogP contribution in [-0.2, 0) is 65.4 Å². The highest BCUT2D eigenvalue weighted by Gasteiger charge is 2.30. The predicted molar refractivity (Wildman–Crippen MR) is 395 cm³/mol. The van der Waals surface area contributed by atoms with E-state index in [1.54, 1.807) is 0 Å². The van der Waals surface area contributed by atoms with Crippen LogP contribution in [0.3, 0.4) is 0 Å². The first-order valence-corrected chi connectivity index (χ1v) is 43.4. The molecule has 19 heteroatoms. The number of esters is 4. The molecule has 17 nitrogen and oxygen atoms in total. The molecular weight excluding hydrogens is 1270 g/mol. The smallest absolute Gasteiger partial charge is 0.462 e. The van der Waals surface area contributed by atoms with Crippen LogP contribution >= 0.6 is 15.6 Å². The summed E-state index contributed by atoms with van der Waals surface area (Å²) >= 11 is 0. The molecule has 0 heterocycles. The van der Waals surface area contributed by atoms with Gasteiger partial charge in [-0.15, -0.1) is 0 Å². The highest BCUT2D eigenvalue weighted by Crippen LogP contribution is 2.45. The van der Waals surface area contributed by atoms with Crippen molar-refractivity contribution in [2.45, 2.75) is 420 Å². The number of unbranched alkanes of at least 4 members (excludes halogenated alkanes) is 42. The SMILES string of the molecule is CCCCCCCCCCCCCCCCCCCC(=O)O[C@H](COC(=O)CCCCCCCCCCCCCCCC(C)C)COP(=O)(O)OC[C@@H](O)COP(=O)(O)OC[C@@H](COC(=O)CCCCCCCCCCC(C)CC)OC(=O)CCCCCCCCCCC(C)CC. The number of phosphoric acid groups is 2. The van der Waals surface area contributed by atoms with Crippen molar-refractivity contribution in [1.82, 2.24) is 0 Å². The number of hydrogen-bond donors (Lipinski definition) is 3. The molecule has 3 N–H and O–H groups in total. The highest BCUT2D eigenvalue weighted by molar-refractivity contribution is 7.47. The van der Waals surface area contributed by atoms with Gasteiger partial charge in [0.2, 0.25) is 0 Å². The summed E-state index contributed by atoms with van der Waals surface area (Å²) in [4.78, 5) is 72.9. The van der Waals surface area contributed by atoms with E-state index in [9.17, 15) is 43.2 Å². The van der Waals surface area contributed by atoms with E-state index in [4.69, 9.17) is 37.0 Å². The highest BCUT2D eigenvalue weighted by atomic mass is 31.2. The van der Waals surface area contributed by atoms with Gasteiger partial charge in [-0.05, 0) is 43.4 Å². The number of aliphatic hydroxyl groups is 1. The maximum Gasteiger partial charge on any atom is 0.472 e. The summed E-state index contributed by atoms with van der Waals surface area (Å²) in [7, 11) is -9.92. The molecule has 0 aliphatic carbocycles. The Labute approximate surface area is 594 Å². The van der Waals surface area contributed by atoms with Gasteiger partial charge >= 0.3 is 39.5 Å². The monoisotopic (exact) mass is 1420 g/mol. The van der Waals surface area contributed by atoms with Crippen LogP contribution in [0.5, 0.6) is 0 Å². The first kappa shape index (κ1) is 95.1. The van der Waals surface area contributed by atoms with E-state index in [0.29, 0.717) is 25.7 Å². The molecule has 0 radical (unpaired) electrons. The minimum absolute atomic E-state index is 0.105. The lowest BCUT2D eigenvalue weighted by Gasteiger charge is -2.21. The number of carbonyl (C=O) groups is 4. The van der Waals surface area contributed by atoms with Crippen molar-refractivity contribution >= 4 is 39.5 Å². The van der Waals surface area contributed by atoms with Crippen molar-refractivity contribution in [2.75, 3.05) is 39.6 Å². The third-order valence-corrected chi connectivity index (χ3v) is 20.8. The van der Waals surface area contributed by atoms with Crippen molar-refractivity contribution < 1.29 is 80.2 Å². The summed E-state index contributed by atoms with van der Waals surface area (Å²) in [6.45, 7) is 11.9. The number of ether oxygens (including phenoxy) is 4. The Morgan fingerprint density at radius 3 is 0.784 bits per heavy atom. The molecule has 0 aromatic carbocycles.